The van der Waals surface area contributed by atoms with Crippen molar-refractivity contribution >= 4 is 39.2 Å². The van der Waals surface area contributed by atoms with Crippen LogP contribution >= 0.6 is 11.6 Å². The van der Waals surface area contributed by atoms with E-state index in [0.717, 1.165) is 11.1 Å². The van der Waals surface area contributed by atoms with Gasteiger partial charge in [-0.15, -0.1) is 0 Å². The molecule has 0 heterocycles. The van der Waals surface area contributed by atoms with Crippen LogP contribution in [0.4, 0.5) is 18.9 Å². The van der Waals surface area contributed by atoms with Gasteiger partial charge in [0.25, 0.3) is 5.91 Å². The van der Waals surface area contributed by atoms with Gasteiger partial charge in [0.05, 0.1) is 10.5 Å². The molecule has 4 N–H and O–H groups in total. The number of nitrogens with one attached hydrogen (secondary N) is 3. The Hall–Kier alpha value is -3.61. The van der Waals surface area contributed by atoms with Gasteiger partial charge in [0.15, 0.2) is 0 Å². The van der Waals surface area contributed by atoms with E-state index in [9.17, 15) is 36.3 Å². The average molecular weight is 584 g/mol. The molecule has 0 spiro atoms. The molecule has 0 bridgehead atoms. The smallest absolute Gasteiger partial charge is 0.405 e. The largest absolute Gasteiger partial charge is 0.480 e. The van der Waals surface area contributed by atoms with Gasteiger partial charge in [-0.05, 0) is 60.4 Å². The number of para-hydroxylation sites is 1. The van der Waals surface area contributed by atoms with Crippen molar-refractivity contribution in [3.8, 4) is 11.1 Å². The minimum absolute atomic E-state index is 0.00872. The second-order valence-corrected chi connectivity index (χ2v) is 10.6. The van der Waals surface area contributed by atoms with Crippen molar-refractivity contribution in [2.45, 2.75) is 30.0 Å². The standard InChI is InChI=1S/C26H25ClF3N3O5S/c27-19-11-7-17(8-12-19)18-9-13-20(14-10-18)39(37,38)33-23(25(35)36)6-3-15-31-24(34)21-4-1-2-5-22(21)32-16-26(28,29)30/h1-2,4-5,7-14,23,32-33H,3,6,15-16H2,(H,31,34)(H,35,36)/t23-/m0/s1. The van der Waals surface area contributed by atoms with E-state index in [1.54, 1.807) is 36.4 Å². The van der Waals surface area contributed by atoms with Crippen LogP contribution in [0.15, 0.2) is 77.7 Å². The maximum atomic E-state index is 12.8. The number of benzene rings is 3. The van der Waals surface area contributed by atoms with Gasteiger partial charge in [0, 0.05) is 17.3 Å². The summed E-state index contributed by atoms with van der Waals surface area (Å²) in [5, 5.41) is 14.8. The van der Waals surface area contributed by atoms with Crippen molar-refractivity contribution in [3.05, 3.63) is 83.4 Å². The van der Waals surface area contributed by atoms with Crippen LogP contribution < -0.4 is 15.4 Å². The van der Waals surface area contributed by atoms with E-state index in [2.05, 4.69) is 15.4 Å². The molecule has 3 aromatic rings. The van der Waals surface area contributed by atoms with Gasteiger partial charge < -0.3 is 15.7 Å². The normalized spacial score (nSPS) is 12.5. The molecule has 208 valence electrons. The predicted molar refractivity (Wildman–Crippen MR) is 141 cm³/mol. The number of sulfonamides is 1. The maximum Gasteiger partial charge on any atom is 0.405 e. The van der Waals surface area contributed by atoms with Crippen LogP contribution in [0.3, 0.4) is 0 Å². The monoisotopic (exact) mass is 583 g/mol. The fraction of sp³-hybridized carbons (Fsp3) is 0.231. The highest BCUT2D eigenvalue weighted by molar-refractivity contribution is 7.89. The summed E-state index contributed by atoms with van der Waals surface area (Å²) in [5.74, 6) is -2.06. The first-order valence-corrected chi connectivity index (χ1v) is 13.5. The number of amides is 1. The summed E-state index contributed by atoms with van der Waals surface area (Å²) in [6, 6.07) is 17.0. The molecule has 13 heteroatoms. The van der Waals surface area contributed by atoms with Crippen LogP contribution in [0.2, 0.25) is 5.02 Å². The number of hydrogen-bond acceptors (Lipinski definition) is 5. The summed E-state index contributed by atoms with van der Waals surface area (Å²) in [6.07, 6.45) is -4.54. The zero-order valence-corrected chi connectivity index (χ0v) is 21.9. The third kappa shape index (κ3) is 8.98. The molecule has 1 amide bonds. The van der Waals surface area contributed by atoms with Crippen molar-refractivity contribution in [1.29, 1.82) is 0 Å². The van der Waals surface area contributed by atoms with Crippen LogP contribution in [-0.4, -0.2) is 50.7 Å². The van der Waals surface area contributed by atoms with E-state index in [-0.39, 0.29) is 35.5 Å². The van der Waals surface area contributed by atoms with Crippen molar-refractivity contribution in [1.82, 2.24) is 10.0 Å². The highest BCUT2D eigenvalue weighted by Gasteiger charge is 2.28. The minimum Gasteiger partial charge on any atom is -0.480 e. The van der Waals surface area contributed by atoms with E-state index < -0.39 is 40.7 Å². The number of carbonyl (C=O) groups excluding carboxylic acids is 1. The van der Waals surface area contributed by atoms with Gasteiger partial charge in [0.2, 0.25) is 10.0 Å². The number of alkyl halides is 3. The highest BCUT2D eigenvalue weighted by atomic mass is 35.5. The molecule has 39 heavy (non-hydrogen) atoms. The number of hydrogen-bond donors (Lipinski definition) is 4. The average Bonchev–Trinajstić information content (AvgIpc) is 2.89. The van der Waals surface area contributed by atoms with Crippen LogP contribution in [0.1, 0.15) is 23.2 Å². The molecular formula is C26H25ClF3N3O5S. The Morgan fingerprint density at radius 1 is 0.923 bits per heavy atom. The molecule has 0 aliphatic heterocycles. The molecule has 0 aliphatic rings. The Bertz CT molecular complexity index is 1400. The lowest BCUT2D eigenvalue weighted by molar-refractivity contribution is -0.139. The Morgan fingerprint density at radius 3 is 2.10 bits per heavy atom. The van der Waals surface area contributed by atoms with E-state index in [1.165, 1.54) is 36.4 Å². The third-order valence-corrected chi connectivity index (χ3v) is 7.28. The molecule has 3 aromatic carbocycles. The second kappa shape index (κ2) is 13.0. The van der Waals surface area contributed by atoms with Crippen molar-refractivity contribution in [2.75, 3.05) is 18.4 Å². The second-order valence-electron chi connectivity index (χ2n) is 8.46. The molecule has 0 unspecified atom stereocenters. The Kier molecular flexibility index (Phi) is 9.95. The molecule has 0 aromatic heterocycles. The van der Waals surface area contributed by atoms with E-state index >= 15 is 0 Å². The zero-order chi connectivity index (χ0) is 28.6. The maximum absolute atomic E-state index is 12.8. The molecule has 3 rings (SSSR count). The van der Waals surface area contributed by atoms with E-state index in [1.807, 2.05) is 0 Å². The number of carboxylic acids is 1. The molecule has 0 radical (unpaired) electrons. The molecule has 0 saturated carbocycles. The highest BCUT2D eigenvalue weighted by Crippen LogP contribution is 2.23. The van der Waals surface area contributed by atoms with Gasteiger partial charge in [-0.3, -0.25) is 9.59 Å². The third-order valence-electron chi connectivity index (χ3n) is 5.54. The van der Waals surface area contributed by atoms with Crippen molar-refractivity contribution < 1.29 is 36.3 Å². The summed E-state index contributed by atoms with van der Waals surface area (Å²) in [6.45, 7) is -1.35. The predicted octanol–water partition coefficient (Wildman–Crippen LogP) is 4.92. The number of aliphatic carboxylic acids is 1. The number of halogens is 4. The minimum atomic E-state index is -4.47. The van der Waals surface area contributed by atoms with Crippen LogP contribution in [0.25, 0.3) is 11.1 Å². The summed E-state index contributed by atoms with van der Waals surface area (Å²) >= 11 is 5.89. The van der Waals surface area contributed by atoms with Gasteiger partial charge in [-0.1, -0.05) is 48.0 Å². The summed E-state index contributed by atoms with van der Waals surface area (Å²) < 4.78 is 65.3. The molecule has 1 atom stereocenters. The first-order chi connectivity index (χ1) is 18.4. The molecule has 8 nitrogen and oxygen atoms in total. The lowest BCUT2D eigenvalue weighted by Crippen LogP contribution is -2.41. The fourth-order valence-electron chi connectivity index (χ4n) is 3.59. The lowest BCUT2D eigenvalue weighted by atomic mass is 10.1. The molecular weight excluding hydrogens is 559 g/mol. The Balaban J connectivity index is 1.56. The van der Waals surface area contributed by atoms with Gasteiger partial charge >= 0.3 is 12.1 Å². The van der Waals surface area contributed by atoms with Gasteiger partial charge in [-0.2, -0.15) is 17.9 Å². The van der Waals surface area contributed by atoms with Gasteiger partial charge in [-0.25, -0.2) is 8.42 Å². The Morgan fingerprint density at radius 2 is 1.51 bits per heavy atom. The molecule has 0 aliphatic carbocycles. The Labute approximate surface area is 228 Å². The zero-order valence-electron chi connectivity index (χ0n) is 20.3. The van der Waals surface area contributed by atoms with E-state index in [4.69, 9.17) is 11.6 Å². The topological polar surface area (TPSA) is 125 Å². The van der Waals surface area contributed by atoms with Crippen LogP contribution in [0, 0.1) is 0 Å². The SMILES string of the molecule is O=C(NCCC[C@H](NS(=O)(=O)c1ccc(-c2ccc(Cl)cc2)cc1)C(=O)O)c1ccccc1NCC(F)(F)F. The lowest BCUT2D eigenvalue weighted by Gasteiger charge is -2.16. The van der Waals surface area contributed by atoms with E-state index in [0.29, 0.717) is 5.02 Å². The van der Waals surface area contributed by atoms with Crippen molar-refractivity contribution in [3.63, 3.8) is 0 Å². The van der Waals surface area contributed by atoms with Gasteiger partial charge in [0.1, 0.15) is 12.6 Å². The summed E-state index contributed by atoms with van der Waals surface area (Å²) in [5.41, 5.74) is 1.54. The van der Waals surface area contributed by atoms with Crippen molar-refractivity contribution in [2.24, 2.45) is 0 Å². The number of carboxylic acid groups (broad SMARTS) is 1. The van der Waals surface area contributed by atoms with Crippen LogP contribution in [0.5, 0.6) is 0 Å². The number of rotatable bonds is 12. The quantitative estimate of drug-likeness (QED) is 0.224. The summed E-state index contributed by atoms with van der Waals surface area (Å²) in [7, 11) is -4.17. The first-order valence-electron chi connectivity index (χ1n) is 11.6. The molecule has 0 saturated heterocycles. The number of carbonyl (C=O) groups is 2. The molecule has 0 fully saturated rings. The first kappa shape index (κ1) is 29.9. The fourth-order valence-corrected chi connectivity index (χ4v) is 4.94. The number of anilines is 1. The van der Waals surface area contributed by atoms with Crippen LogP contribution in [-0.2, 0) is 14.8 Å². The summed E-state index contributed by atoms with van der Waals surface area (Å²) in [4.78, 5) is 24.0.